The second kappa shape index (κ2) is 5.67. The van der Waals surface area contributed by atoms with E-state index in [1.54, 1.807) is 0 Å². The van der Waals surface area contributed by atoms with Crippen LogP contribution in [0.4, 0.5) is 0 Å². The van der Waals surface area contributed by atoms with Gasteiger partial charge in [-0.3, -0.25) is 0 Å². The van der Waals surface area contributed by atoms with Crippen LogP contribution in [0.3, 0.4) is 0 Å². The fourth-order valence-electron chi connectivity index (χ4n) is 1.31. The molecule has 1 heterocycles. The topological polar surface area (TPSA) is 43.6 Å². The summed E-state index contributed by atoms with van der Waals surface area (Å²) >= 11 is 0. The molecule has 74 valence electrons. The lowest BCUT2D eigenvalue weighted by Gasteiger charge is -2.01. The van der Waals surface area contributed by atoms with Gasteiger partial charge in [-0.1, -0.05) is 26.7 Å². The Labute approximate surface area is 79.3 Å². The number of aromatic nitrogens is 4. The van der Waals surface area contributed by atoms with Gasteiger partial charge in [0.25, 0.3) is 0 Å². The van der Waals surface area contributed by atoms with Crippen molar-refractivity contribution in [1.29, 1.82) is 0 Å². The van der Waals surface area contributed by atoms with Crippen molar-refractivity contribution in [3.05, 3.63) is 5.82 Å². The number of nitrogens with zero attached hydrogens (tertiary/aromatic N) is 4. The number of rotatable bonds is 6. The molecule has 0 radical (unpaired) electrons. The monoisotopic (exact) mass is 182 g/mol. The molecule has 4 heteroatoms. The van der Waals surface area contributed by atoms with E-state index in [0.29, 0.717) is 0 Å². The summed E-state index contributed by atoms with van der Waals surface area (Å²) in [6, 6.07) is 0. The first-order valence-corrected chi connectivity index (χ1v) is 5.13. The lowest BCUT2D eigenvalue weighted by Crippen LogP contribution is -2.05. The predicted octanol–water partition coefficient (Wildman–Crippen LogP) is 1.82. The van der Waals surface area contributed by atoms with Crippen molar-refractivity contribution in [3.63, 3.8) is 0 Å². The fraction of sp³-hybridized carbons (Fsp3) is 0.889. The lowest BCUT2D eigenvalue weighted by atomic mass is 10.2. The summed E-state index contributed by atoms with van der Waals surface area (Å²) < 4.78 is 1.93. The van der Waals surface area contributed by atoms with Crippen molar-refractivity contribution < 1.29 is 0 Å². The van der Waals surface area contributed by atoms with Crippen molar-refractivity contribution in [2.45, 2.75) is 52.5 Å². The smallest absolute Gasteiger partial charge is 0.151 e. The zero-order valence-corrected chi connectivity index (χ0v) is 8.53. The summed E-state index contributed by atoms with van der Waals surface area (Å²) in [5, 5.41) is 11.6. The van der Waals surface area contributed by atoms with Gasteiger partial charge in [0.2, 0.25) is 0 Å². The number of tetrazole rings is 1. The Morgan fingerprint density at radius 1 is 1.15 bits per heavy atom. The summed E-state index contributed by atoms with van der Waals surface area (Å²) in [5.74, 6) is 1.03. The maximum atomic E-state index is 3.99. The largest absolute Gasteiger partial charge is 0.230 e. The van der Waals surface area contributed by atoms with E-state index < -0.39 is 0 Å². The van der Waals surface area contributed by atoms with Crippen molar-refractivity contribution in [2.75, 3.05) is 0 Å². The predicted molar refractivity (Wildman–Crippen MR) is 51.3 cm³/mol. The van der Waals surface area contributed by atoms with Gasteiger partial charge >= 0.3 is 0 Å². The molecular weight excluding hydrogens is 164 g/mol. The van der Waals surface area contributed by atoms with E-state index in [1.165, 1.54) is 19.3 Å². The highest BCUT2D eigenvalue weighted by molar-refractivity contribution is 4.79. The molecule has 4 nitrogen and oxygen atoms in total. The molecule has 0 aliphatic rings. The first-order chi connectivity index (χ1) is 6.38. The Bertz CT molecular complexity index is 231. The minimum Gasteiger partial charge on any atom is -0.230 e. The maximum Gasteiger partial charge on any atom is 0.151 e. The molecule has 0 aliphatic carbocycles. The summed E-state index contributed by atoms with van der Waals surface area (Å²) in [6.07, 6.45) is 5.77. The summed E-state index contributed by atoms with van der Waals surface area (Å²) in [7, 11) is 0. The first kappa shape index (κ1) is 10.2. The number of hydrogen-bond donors (Lipinski definition) is 0. The van der Waals surface area contributed by atoms with Crippen LogP contribution in [0.1, 0.15) is 45.4 Å². The molecule has 1 aromatic rings. The highest BCUT2D eigenvalue weighted by atomic mass is 15.5. The van der Waals surface area contributed by atoms with Crippen molar-refractivity contribution >= 4 is 0 Å². The molecule has 0 aromatic carbocycles. The van der Waals surface area contributed by atoms with Crippen molar-refractivity contribution in [3.8, 4) is 0 Å². The molecule has 1 aromatic heterocycles. The van der Waals surface area contributed by atoms with E-state index in [9.17, 15) is 0 Å². The molecule has 0 saturated heterocycles. The second-order valence-electron chi connectivity index (χ2n) is 3.28. The molecule has 13 heavy (non-hydrogen) atoms. The Kier molecular flexibility index (Phi) is 4.43. The maximum absolute atomic E-state index is 3.99. The summed E-state index contributed by atoms with van der Waals surface area (Å²) in [6.45, 7) is 5.31. The molecule has 0 aliphatic heterocycles. The Hall–Kier alpha value is -0.930. The summed E-state index contributed by atoms with van der Waals surface area (Å²) in [4.78, 5) is 0. The van der Waals surface area contributed by atoms with Gasteiger partial charge in [0.1, 0.15) is 0 Å². The third kappa shape index (κ3) is 3.13. The molecule has 1 rings (SSSR count). The van der Waals surface area contributed by atoms with Gasteiger partial charge in [-0.25, -0.2) is 4.68 Å². The average Bonchev–Trinajstić information content (AvgIpc) is 2.54. The summed E-state index contributed by atoms with van der Waals surface area (Å²) in [5.41, 5.74) is 0. The van der Waals surface area contributed by atoms with E-state index in [0.717, 1.165) is 25.2 Å². The molecule has 0 N–H and O–H groups in total. The van der Waals surface area contributed by atoms with Gasteiger partial charge in [-0.15, -0.1) is 5.10 Å². The van der Waals surface area contributed by atoms with Gasteiger partial charge in [-0.2, -0.15) is 0 Å². The number of hydrogen-bond acceptors (Lipinski definition) is 3. The minimum atomic E-state index is 0.968. The average molecular weight is 182 g/mol. The third-order valence-electron chi connectivity index (χ3n) is 2.05. The lowest BCUT2D eigenvalue weighted by molar-refractivity contribution is 0.517. The van der Waals surface area contributed by atoms with Gasteiger partial charge in [0, 0.05) is 13.0 Å². The van der Waals surface area contributed by atoms with Crippen LogP contribution in [-0.4, -0.2) is 20.2 Å². The van der Waals surface area contributed by atoms with Crippen LogP contribution in [0, 0.1) is 0 Å². The van der Waals surface area contributed by atoms with Crippen molar-refractivity contribution in [1.82, 2.24) is 20.2 Å². The highest BCUT2D eigenvalue weighted by Gasteiger charge is 2.02. The van der Waals surface area contributed by atoms with E-state index in [2.05, 4.69) is 29.4 Å². The van der Waals surface area contributed by atoms with Crippen LogP contribution in [0.2, 0.25) is 0 Å². The van der Waals surface area contributed by atoms with Crippen LogP contribution in [0.15, 0.2) is 0 Å². The standard InChI is InChI=1S/C9H18N4/c1-3-5-6-8-13-9(7-4-2)10-11-12-13/h3-8H2,1-2H3. The van der Waals surface area contributed by atoms with Crippen LogP contribution in [0.5, 0.6) is 0 Å². The zero-order valence-electron chi connectivity index (χ0n) is 8.53. The normalized spacial score (nSPS) is 10.6. The Morgan fingerprint density at radius 2 is 2.00 bits per heavy atom. The second-order valence-corrected chi connectivity index (χ2v) is 3.28. The highest BCUT2D eigenvalue weighted by Crippen LogP contribution is 2.01. The van der Waals surface area contributed by atoms with E-state index in [4.69, 9.17) is 0 Å². The van der Waals surface area contributed by atoms with Crippen LogP contribution in [-0.2, 0) is 13.0 Å². The SMILES string of the molecule is CCCCCn1nnnc1CCC. The Balaban J connectivity index is 2.40. The first-order valence-electron chi connectivity index (χ1n) is 5.13. The molecule has 0 spiro atoms. The Morgan fingerprint density at radius 3 is 2.69 bits per heavy atom. The molecule has 0 fully saturated rings. The van der Waals surface area contributed by atoms with E-state index >= 15 is 0 Å². The molecule has 0 amide bonds. The quantitative estimate of drug-likeness (QED) is 0.630. The van der Waals surface area contributed by atoms with Crippen LogP contribution in [0.25, 0.3) is 0 Å². The van der Waals surface area contributed by atoms with Gasteiger partial charge < -0.3 is 0 Å². The molecular formula is C9H18N4. The molecule has 0 unspecified atom stereocenters. The van der Waals surface area contributed by atoms with Crippen LogP contribution < -0.4 is 0 Å². The fourth-order valence-corrected chi connectivity index (χ4v) is 1.31. The minimum absolute atomic E-state index is 0.968. The van der Waals surface area contributed by atoms with Gasteiger partial charge in [0.15, 0.2) is 5.82 Å². The van der Waals surface area contributed by atoms with E-state index in [-0.39, 0.29) is 0 Å². The van der Waals surface area contributed by atoms with Crippen molar-refractivity contribution in [2.24, 2.45) is 0 Å². The number of unbranched alkanes of at least 4 members (excludes halogenated alkanes) is 2. The van der Waals surface area contributed by atoms with Crippen LogP contribution >= 0.6 is 0 Å². The molecule has 0 saturated carbocycles. The van der Waals surface area contributed by atoms with Gasteiger partial charge in [0.05, 0.1) is 0 Å². The zero-order chi connectivity index (χ0) is 9.52. The molecule has 0 bridgehead atoms. The van der Waals surface area contributed by atoms with E-state index in [1.807, 2.05) is 4.68 Å². The van der Waals surface area contributed by atoms with Gasteiger partial charge in [-0.05, 0) is 23.3 Å². The molecule has 0 atom stereocenters. The third-order valence-corrected chi connectivity index (χ3v) is 2.05. The number of aryl methyl sites for hydroxylation is 2.